The van der Waals surface area contributed by atoms with Gasteiger partial charge >= 0.3 is 6.03 Å². The molecule has 4 nitrogen and oxygen atoms in total. The van der Waals surface area contributed by atoms with E-state index in [0.29, 0.717) is 0 Å². The van der Waals surface area contributed by atoms with Gasteiger partial charge in [0, 0.05) is 12.6 Å². The van der Waals surface area contributed by atoms with E-state index in [-0.39, 0.29) is 12.1 Å². The molecule has 2 N–H and O–H groups in total. The van der Waals surface area contributed by atoms with E-state index in [9.17, 15) is 4.79 Å². The molecule has 20 heavy (non-hydrogen) atoms. The maximum atomic E-state index is 11.7. The number of nitrogens with zero attached hydrogens (tertiary/aromatic N) is 1. The number of urea groups is 1. The number of thiophene rings is 1. The lowest BCUT2D eigenvalue weighted by molar-refractivity contribution is 0.236. The molecule has 0 spiro atoms. The fraction of sp³-hybridized carbons (Fsp3) is 0.667. The average molecular weight is 295 g/mol. The van der Waals surface area contributed by atoms with Crippen molar-refractivity contribution in [2.75, 3.05) is 26.2 Å². The van der Waals surface area contributed by atoms with E-state index >= 15 is 0 Å². The summed E-state index contributed by atoms with van der Waals surface area (Å²) in [6.45, 7) is 6.35. The van der Waals surface area contributed by atoms with Crippen LogP contribution in [0.1, 0.15) is 31.7 Å². The second-order valence-electron chi connectivity index (χ2n) is 5.54. The molecule has 1 unspecified atom stereocenters. The molecule has 0 aliphatic carbocycles. The molecule has 1 aromatic heterocycles. The molecule has 1 aromatic rings. The van der Waals surface area contributed by atoms with Gasteiger partial charge in [0.25, 0.3) is 0 Å². The van der Waals surface area contributed by atoms with Gasteiger partial charge in [0.05, 0.1) is 0 Å². The van der Waals surface area contributed by atoms with Gasteiger partial charge in [0.15, 0.2) is 0 Å². The van der Waals surface area contributed by atoms with Gasteiger partial charge in [-0.2, -0.15) is 11.3 Å². The Hall–Kier alpha value is -1.07. The molecule has 2 heterocycles. The van der Waals surface area contributed by atoms with Crippen LogP contribution in [0.2, 0.25) is 0 Å². The molecule has 1 atom stereocenters. The highest BCUT2D eigenvalue weighted by Gasteiger charge is 2.11. The van der Waals surface area contributed by atoms with E-state index in [4.69, 9.17) is 0 Å². The van der Waals surface area contributed by atoms with Crippen LogP contribution in [-0.4, -0.2) is 43.2 Å². The second kappa shape index (κ2) is 8.27. The summed E-state index contributed by atoms with van der Waals surface area (Å²) in [6.07, 6.45) is 4.58. The number of hydrogen-bond donors (Lipinski definition) is 2. The fourth-order valence-corrected chi connectivity index (χ4v) is 3.28. The van der Waals surface area contributed by atoms with E-state index in [2.05, 4.69) is 32.4 Å². The maximum absolute atomic E-state index is 11.7. The number of carbonyl (C=O) groups is 1. The van der Waals surface area contributed by atoms with E-state index in [1.165, 1.54) is 31.5 Å². The smallest absolute Gasteiger partial charge is 0.315 e. The molecule has 112 valence electrons. The Morgan fingerprint density at radius 2 is 2.25 bits per heavy atom. The van der Waals surface area contributed by atoms with Crippen molar-refractivity contribution >= 4 is 17.4 Å². The summed E-state index contributed by atoms with van der Waals surface area (Å²) >= 11 is 1.70. The standard InChI is InChI=1S/C15H25N3OS/c1-13(11-14-5-10-20-12-14)17-15(19)16-6-4-9-18-7-2-3-8-18/h5,10,12-13H,2-4,6-9,11H2,1H3,(H2,16,17,19). The normalized spacial score (nSPS) is 17.1. The van der Waals surface area contributed by atoms with Crippen molar-refractivity contribution in [2.24, 2.45) is 0 Å². The minimum absolute atomic E-state index is 0.0471. The Morgan fingerprint density at radius 1 is 1.45 bits per heavy atom. The third-order valence-corrected chi connectivity index (χ3v) is 4.37. The molecule has 2 amide bonds. The van der Waals surface area contributed by atoms with E-state index in [1.54, 1.807) is 11.3 Å². The minimum atomic E-state index is -0.0471. The summed E-state index contributed by atoms with van der Waals surface area (Å²) in [7, 11) is 0. The molecule has 2 rings (SSSR count). The van der Waals surface area contributed by atoms with Crippen molar-refractivity contribution in [3.63, 3.8) is 0 Å². The molecule has 1 aliphatic rings. The molecule has 0 radical (unpaired) electrons. The Morgan fingerprint density at radius 3 is 2.95 bits per heavy atom. The summed E-state index contributed by atoms with van der Waals surface area (Å²) in [6, 6.07) is 2.23. The third-order valence-electron chi connectivity index (χ3n) is 3.63. The molecule has 1 saturated heterocycles. The zero-order valence-electron chi connectivity index (χ0n) is 12.2. The largest absolute Gasteiger partial charge is 0.338 e. The van der Waals surface area contributed by atoms with Gasteiger partial charge in [-0.05, 0) is 74.6 Å². The zero-order valence-corrected chi connectivity index (χ0v) is 13.0. The fourth-order valence-electron chi connectivity index (χ4n) is 2.60. The molecule has 1 aliphatic heterocycles. The predicted molar refractivity (Wildman–Crippen MR) is 84.3 cm³/mol. The lowest BCUT2D eigenvalue weighted by Gasteiger charge is -2.16. The van der Waals surface area contributed by atoms with Crippen LogP contribution < -0.4 is 10.6 Å². The van der Waals surface area contributed by atoms with Crippen LogP contribution in [0.5, 0.6) is 0 Å². The van der Waals surface area contributed by atoms with Crippen LogP contribution in [0.15, 0.2) is 16.8 Å². The number of rotatable bonds is 7. The topological polar surface area (TPSA) is 44.4 Å². The maximum Gasteiger partial charge on any atom is 0.315 e. The highest BCUT2D eigenvalue weighted by atomic mass is 32.1. The highest BCUT2D eigenvalue weighted by Crippen LogP contribution is 2.08. The lowest BCUT2D eigenvalue weighted by Crippen LogP contribution is -2.42. The summed E-state index contributed by atoms with van der Waals surface area (Å²) in [5.74, 6) is 0. The van der Waals surface area contributed by atoms with Crippen LogP contribution in [-0.2, 0) is 6.42 Å². The van der Waals surface area contributed by atoms with Crippen LogP contribution in [0.25, 0.3) is 0 Å². The van der Waals surface area contributed by atoms with Crippen LogP contribution in [0.4, 0.5) is 4.79 Å². The van der Waals surface area contributed by atoms with Crippen molar-refractivity contribution in [2.45, 2.75) is 38.6 Å². The molecular formula is C15H25N3OS. The van der Waals surface area contributed by atoms with Crippen molar-refractivity contribution in [3.8, 4) is 0 Å². The van der Waals surface area contributed by atoms with E-state index < -0.39 is 0 Å². The summed E-state index contributed by atoms with van der Waals surface area (Å²) in [4.78, 5) is 14.2. The molecule has 5 heteroatoms. The van der Waals surface area contributed by atoms with Gasteiger partial charge in [-0.15, -0.1) is 0 Å². The lowest BCUT2D eigenvalue weighted by atomic mass is 10.1. The van der Waals surface area contributed by atoms with E-state index in [0.717, 1.165) is 25.9 Å². The molecule has 0 bridgehead atoms. The first-order valence-corrected chi connectivity index (χ1v) is 8.46. The van der Waals surface area contributed by atoms with Crippen molar-refractivity contribution in [1.29, 1.82) is 0 Å². The van der Waals surface area contributed by atoms with Crippen LogP contribution in [0.3, 0.4) is 0 Å². The summed E-state index contributed by atoms with van der Waals surface area (Å²) in [5.41, 5.74) is 1.29. The SMILES string of the molecule is CC(Cc1ccsc1)NC(=O)NCCCN1CCCC1. The number of likely N-dealkylation sites (tertiary alicyclic amines) is 1. The first-order valence-electron chi connectivity index (χ1n) is 7.52. The Kier molecular flexibility index (Phi) is 6.33. The average Bonchev–Trinajstić information content (AvgIpc) is 3.07. The second-order valence-corrected chi connectivity index (χ2v) is 6.32. The summed E-state index contributed by atoms with van der Waals surface area (Å²) in [5, 5.41) is 10.1. The predicted octanol–water partition coefficient (Wildman–Crippen LogP) is 2.46. The minimum Gasteiger partial charge on any atom is -0.338 e. The number of hydrogen-bond acceptors (Lipinski definition) is 3. The zero-order chi connectivity index (χ0) is 14.2. The van der Waals surface area contributed by atoms with Gasteiger partial charge in [0.1, 0.15) is 0 Å². The van der Waals surface area contributed by atoms with Gasteiger partial charge < -0.3 is 15.5 Å². The number of nitrogens with one attached hydrogen (secondary N) is 2. The number of carbonyl (C=O) groups excluding carboxylic acids is 1. The summed E-state index contributed by atoms with van der Waals surface area (Å²) < 4.78 is 0. The first kappa shape index (κ1) is 15.3. The van der Waals surface area contributed by atoms with Gasteiger partial charge in [-0.3, -0.25) is 0 Å². The highest BCUT2D eigenvalue weighted by molar-refractivity contribution is 7.07. The van der Waals surface area contributed by atoms with Crippen molar-refractivity contribution in [1.82, 2.24) is 15.5 Å². The Labute approximate surface area is 125 Å². The molecule has 0 aromatic carbocycles. The van der Waals surface area contributed by atoms with Crippen molar-refractivity contribution < 1.29 is 4.79 Å². The van der Waals surface area contributed by atoms with Crippen LogP contribution in [0, 0.1) is 0 Å². The van der Waals surface area contributed by atoms with Crippen molar-refractivity contribution in [3.05, 3.63) is 22.4 Å². The van der Waals surface area contributed by atoms with Gasteiger partial charge in [0.2, 0.25) is 0 Å². The molecule has 1 fully saturated rings. The Balaban J connectivity index is 1.53. The van der Waals surface area contributed by atoms with Gasteiger partial charge in [-0.25, -0.2) is 4.79 Å². The Bertz CT molecular complexity index is 388. The first-order chi connectivity index (χ1) is 9.74. The van der Waals surface area contributed by atoms with Gasteiger partial charge in [-0.1, -0.05) is 0 Å². The molecular weight excluding hydrogens is 270 g/mol. The third kappa shape index (κ3) is 5.51. The van der Waals surface area contributed by atoms with E-state index in [1.807, 2.05) is 6.92 Å². The number of amides is 2. The monoisotopic (exact) mass is 295 g/mol. The molecule has 0 saturated carbocycles. The van der Waals surface area contributed by atoms with Crippen LogP contribution >= 0.6 is 11.3 Å². The quantitative estimate of drug-likeness (QED) is 0.759.